The van der Waals surface area contributed by atoms with Crippen LogP contribution in [0, 0.1) is 0 Å². The van der Waals surface area contributed by atoms with E-state index in [1.54, 1.807) is 6.20 Å². The second kappa shape index (κ2) is 3.81. The molecule has 0 spiro atoms. The first-order chi connectivity index (χ1) is 7.93. The van der Waals surface area contributed by atoms with Gasteiger partial charge in [-0.15, -0.1) is 0 Å². The van der Waals surface area contributed by atoms with Crippen LogP contribution in [0.2, 0.25) is 0 Å². The van der Waals surface area contributed by atoms with Crippen molar-refractivity contribution in [2.24, 2.45) is 4.99 Å². The Morgan fingerprint density at radius 1 is 1.19 bits per heavy atom. The fourth-order valence-corrected chi connectivity index (χ4v) is 1.80. The van der Waals surface area contributed by atoms with Gasteiger partial charge in [-0.2, -0.15) is 0 Å². The summed E-state index contributed by atoms with van der Waals surface area (Å²) in [5.74, 6) is 1.99. The van der Waals surface area contributed by atoms with Crippen LogP contribution in [0.25, 0.3) is 0 Å². The van der Waals surface area contributed by atoms with E-state index in [4.69, 9.17) is 0 Å². The van der Waals surface area contributed by atoms with Crippen LogP contribution in [0.5, 0.6) is 0 Å². The average molecular weight is 212 g/mol. The van der Waals surface area contributed by atoms with Crippen molar-refractivity contribution in [2.75, 3.05) is 18.2 Å². The molecule has 0 unspecified atom stereocenters. The predicted octanol–water partition coefficient (Wildman–Crippen LogP) is 1.60. The Kier molecular flexibility index (Phi) is 2.18. The van der Waals surface area contributed by atoms with Crippen molar-refractivity contribution < 1.29 is 0 Å². The Balaban J connectivity index is 1.85. The third-order valence-electron chi connectivity index (χ3n) is 2.62. The summed E-state index contributed by atoms with van der Waals surface area (Å²) < 4.78 is 0. The Bertz CT molecular complexity index is 461. The summed E-state index contributed by atoms with van der Waals surface area (Å²) in [7, 11) is 0. The van der Waals surface area contributed by atoms with E-state index in [1.165, 1.54) is 0 Å². The van der Waals surface area contributed by atoms with Gasteiger partial charge in [-0.25, -0.2) is 9.98 Å². The first-order valence-electron chi connectivity index (χ1n) is 5.25. The summed E-state index contributed by atoms with van der Waals surface area (Å²) in [5, 5.41) is 0. The lowest BCUT2D eigenvalue weighted by atomic mass is 10.3. The number of rotatable bonds is 1. The van der Waals surface area contributed by atoms with Gasteiger partial charge in [0.05, 0.1) is 6.67 Å². The monoisotopic (exact) mass is 212 g/mol. The van der Waals surface area contributed by atoms with Gasteiger partial charge in [-0.1, -0.05) is 12.1 Å². The van der Waals surface area contributed by atoms with Gasteiger partial charge >= 0.3 is 0 Å². The molecule has 0 fully saturated rings. The molecule has 3 heterocycles. The minimum absolute atomic E-state index is 0.668. The fraction of sp³-hybridized carbons (Fsp3) is 0.167. The normalized spacial score (nSPS) is 18.4. The number of pyridine rings is 1. The molecule has 1 aromatic rings. The zero-order valence-electron chi connectivity index (χ0n) is 8.82. The maximum absolute atomic E-state index is 4.50. The van der Waals surface area contributed by atoms with Crippen LogP contribution in [-0.2, 0) is 0 Å². The number of aliphatic imine (C=N–C) groups is 1. The molecule has 1 aromatic heterocycles. The van der Waals surface area contributed by atoms with Crippen molar-refractivity contribution in [1.82, 2.24) is 9.88 Å². The summed E-state index contributed by atoms with van der Waals surface area (Å²) in [4.78, 5) is 13.1. The highest BCUT2D eigenvalue weighted by atomic mass is 15.4. The molecule has 4 heteroatoms. The van der Waals surface area contributed by atoms with Crippen molar-refractivity contribution >= 4 is 11.7 Å². The fourth-order valence-electron chi connectivity index (χ4n) is 1.80. The zero-order chi connectivity index (χ0) is 10.8. The lowest BCUT2D eigenvalue weighted by molar-refractivity contribution is 0.505. The average Bonchev–Trinajstić information content (AvgIpc) is 2.39. The molecule has 3 rings (SSSR count). The van der Waals surface area contributed by atoms with Gasteiger partial charge in [0, 0.05) is 12.4 Å². The highest BCUT2D eigenvalue weighted by Crippen LogP contribution is 2.16. The van der Waals surface area contributed by atoms with E-state index in [0.29, 0.717) is 6.67 Å². The number of amidine groups is 1. The highest BCUT2D eigenvalue weighted by Gasteiger charge is 2.18. The smallest absolute Gasteiger partial charge is 0.131 e. The van der Waals surface area contributed by atoms with E-state index in [-0.39, 0.29) is 0 Å². The molecule has 0 saturated carbocycles. The molecule has 16 heavy (non-hydrogen) atoms. The number of aromatic nitrogens is 1. The molecule has 0 bridgehead atoms. The number of hydrogen-bond acceptors (Lipinski definition) is 4. The quantitative estimate of drug-likeness (QED) is 0.708. The van der Waals surface area contributed by atoms with E-state index in [9.17, 15) is 0 Å². The number of nitrogens with zero attached hydrogens (tertiary/aromatic N) is 4. The van der Waals surface area contributed by atoms with Crippen LogP contribution < -0.4 is 4.90 Å². The maximum atomic E-state index is 4.50. The minimum Gasteiger partial charge on any atom is -0.319 e. The predicted molar refractivity (Wildman–Crippen MR) is 64.0 cm³/mol. The van der Waals surface area contributed by atoms with E-state index in [1.807, 2.05) is 42.6 Å². The summed E-state index contributed by atoms with van der Waals surface area (Å²) in [6, 6.07) is 5.92. The lowest BCUT2D eigenvalue weighted by Gasteiger charge is -2.34. The third kappa shape index (κ3) is 1.58. The second-order valence-corrected chi connectivity index (χ2v) is 3.70. The molecule has 0 aliphatic carbocycles. The van der Waals surface area contributed by atoms with E-state index in [0.717, 1.165) is 18.3 Å². The SMILES string of the molecule is C1=CC2=NCN(c3ccccn3)CN2C=C1. The van der Waals surface area contributed by atoms with Crippen molar-refractivity contribution in [2.45, 2.75) is 0 Å². The Morgan fingerprint density at radius 2 is 2.19 bits per heavy atom. The molecule has 0 amide bonds. The molecular formula is C12H12N4. The van der Waals surface area contributed by atoms with E-state index in [2.05, 4.69) is 19.8 Å². The minimum atomic E-state index is 0.668. The molecule has 2 aliphatic heterocycles. The summed E-state index contributed by atoms with van der Waals surface area (Å²) in [6.45, 7) is 1.47. The standard InChI is InChI=1S/C12H12N4/c1-3-7-13-11(5-1)16-9-14-12-6-2-4-8-15(12)10-16/h1-8H,9-10H2. The van der Waals surface area contributed by atoms with Crippen LogP contribution in [-0.4, -0.2) is 29.1 Å². The van der Waals surface area contributed by atoms with Gasteiger partial charge < -0.3 is 9.80 Å². The highest BCUT2D eigenvalue weighted by molar-refractivity contribution is 5.95. The topological polar surface area (TPSA) is 31.7 Å². The van der Waals surface area contributed by atoms with Crippen LogP contribution in [0.15, 0.2) is 53.8 Å². The Hall–Kier alpha value is -2.10. The lowest BCUT2D eigenvalue weighted by Crippen LogP contribution is -2.43. The van der Waals surface area contributed by atoms with Crippen LogP contribution in [0.4, 0.5) is 5.82 Å². The molecule has 0 radical (unpaired) electrons. The van der Waals surface area contributed by atoms with Crippen molar-refractivity contribution in [3.05, 3.63) is 48.8 Å². The maximum Gasteiger partial charge on any atom is 0.131 e. The Labute approximate surface area is 94.2 Å². The van der Waals surface area contributed by atoms with Gasteiger partial charge in [0.1, 0.15) is 18.3 Å². The van der Waals surface area contributed by atoms with Gasteiger partial charge in [0.15, 0.2) is 0 Å². The van der Waals surface area contributed by atoms with Gasteiger partial charge in [0.25, 0.3) is 0 Å². The van der Waals surface area contributed by atoms with Gasteiger partial charge in [0.2, 0.25) is 0 Å². The Morgan fingerprint density at radius 3 is 3.06 bits per heavy atom. The second-order valence-electron chi connectivity index (χ2n) is 3.70. The van der Waals surface area contributed by atoms with Crippen molar-refractivity contribution in [3.63, 3.8) is 0 Å². The van der Waals surface area contributed by atoms with Crippen LogP contribution >= 0.6 is 0 Å². The van der Waals surface area contributed by atoms with E-state index < -0.39 is 0 Å². The number of fused-ring (bicyclic) bond motifs is 1. The van der Waals surface area contributed by atoms with Crippen molar-refractivity contribution in [1.29, 1.82) is 0 Å². The molecule has 0 saturated heterocycles. The van der Waals surface area contributed by atoms with Gasteiger partial charge in [-0.3, -0.25) is 0 Å². The summed E-state index contributed by atoms with van der Waals surface area (Å²) in [5.41, 5.74) is 0. The molecule has 0 atom stereocenters. The van der Waals surface area contributed by atoms with Crippen LogP contribution in [0.1, 0.15) is 0 Å². The molecule has 0 N–H and O–H groups in total. The summed E-state index contributed by atoms with van der Waals surface area (Å²) in [6.07, 6.45) is 9.89. The number of hydrogen-bond donors (Lipinski definition) is 0. The summed E-state index contributed by atoms with van der Waals surface area (Å²) >= 11 is 0. The molecule has 80 valence electrons. The number of allylic oxidation sites excluding steroid dienone is 2. The molecule has 4 nitrogen and oxygen atoms in total. The van der Waals surface area contributed by atoms with Crippen LogP contribution in [0.3, 0.4) is 0 Å². The third-order valence-corrected chi connectivity index (χ3v) is 2.62. The molecular weight excluding hydrogens is 200 g/mol. The molecule has 0 aromatic carbocycles. The largest absolute Gasteiger partial charge is 0.319 e. The van der Waals surface area contributed by atoms with Crippen molar-refractivity contribution in [3.8, 4) is 0 Å². The van der Waals surface area contributed by atoms with E-state index >= 15 is 0 Å². The van der Waals surface area contributed by atoms with Gasteiger partial charge in [-0.05, 0) is 24.3 Å². The molecule has 2 aliphatic rings. The first-order valence-corrected chi connectivity index (χ1v) is 5.25. The number of anilines is 1. The first kappa shape index (κ1) is 9.15. The zero-order valence-corrected chi connectivity index (χ0v) is 8.82.